The summed E-state index contributed by atoms with van der Waals surface area (Å²) in [4.78, 5) is 23.7. The number of carbonyl (C=O) groups is 2. The van der Waals surface area contributed by atoms with Crippen LogP contribution >= 0.6 is 15.9 Å². The quantitative estimate of drug-likeness (QED) is 0.795. The molecule has 0 saturated heterocycles. The molecule has 0 radical (unpaired) electrons. The zero-order valence-electron chi connectivity index (χ0n) is 13.3. The topological polar surface area (TPSA) is 64.6 Å². The number of amides is 1. The van der Waals surface area contributed by atoms with Gasteiger partial charge in [0.05, 0.1) is 19.1 Å². The lowest BCUT2D eigenvalue weighted by atomic mass is 10.0. The van der Waals surface area contributed by atoms with Crippen LogP contribution in [0.2, 0.25) is 0 Å². The molecular weight excluding hydrogens is 350 g/mol. The number of rotatable bonds is 5. The van der Waals surface area contributed by atoms with E-state index >= 15 is 0 Å². The fraction of sp³-hybridized carbons (Fsp3) is 0.500. The van der Waals surface area contributed by atoms with Gasteiger partial charge >= 0.3 is 12.1 Å². The molecule has 1 amide bonds. The van der Waals surface area contributed by atoms with Gasteiger partial charge in [-0.2, -0.15) is 0 Å². The summed E-state index contributed by atoms with van der Waals surface area (Å²) >= 11 is 3.36. The van der Waals surface area contributed by atoms with E-state index in [1.165, 1.54) is 0 Å². The Hall–Kier alpha value is -1.56. The molecule has 122 valence electrons. The summed E-state index contributed by atoms with van der Waals surface area (Å²) in [5, 5.41) is 2.72. The van der Waals surface area contributed by atoms with Gasteiger partial charge in [0, 0.05) is 4.47 Å². The van der Waals surface area contributed by atoms with E-state index in [2.05, 4.69) is 21.2 Å². The molecule has 1 aromatic carbocycles. The minimum Gasteiger partial charge on any atom is -0.466 e. The van der Waals surface area contributed by atoms with Crippen molar-refractivity contribution in [2.45, 2.75) is 45.8 Å². The van der Waals surface area contributed by atoms with Gasteiger partial charge in [-0.25, -0.2) is 4.79 Å². The largest absolute Gasteiger partial charge is 0.466 e. The lowest BCUT2D eigenvalue weighted by Crippen LogP contribution is -2.36. The van der Waals surface area contributed by atoms with Crippen molar-refractivity contribution >= 4 is 28.0 Å². The number of ether oxygens (including phenoxy) is 2. The van der Waals surface area contributed by atoms with Gasteiger partial charge in [0.15, 0.2) is 0 Å². The Morgan fingerprint density at radius 3 is 2.32 bits per heavy atom. The predicted octanol–water partition coefficient (Wildman–Crippen LogP) is 3.97. The van der Waals surface area contributed by atoms with Crippen LogP contribution in [0.25, 0.3) is 0 Å². The molecule has 0 heterocycles. The van der Waals surface area contributed by atoms with Gasteiger partial charge in [-0.1, -0.05) is 28.1 Å². The number of hydrogen-bond acceptors (Lipinski definition) is 4. The van der Waals surface area contributed by atoms with Gasteiger partial charge in [-0.3, -0.25) is 4.79 Å². The molecule has 0 spiro atoms. The summed E-state index contributed by atoms with van der Waals surface area (Å²) in [6.45, 7) is 7.40. The van der Waals surface area contributed by atoms with Crippen molar-refractivity contribution in [3.8, 4) is 0 Å². The summed E-state index contributed by atoms with van der Waals surface area (Å²) < 4.78 is 11.1. The number of hydrogen-bond donors (Lipinski definition) is 1. The highest BCUT2D eigenvalue weighted by atomic mass is 79.9. The van der Waals surface area contributed by atoms with Gasteiger partial charge in [0.2, 0.25) is 0 Å². The minimum absolute atomic E-state index is 0.0503. The number of nitrogens with one attached hydrogen (secondary N) is 1. The van der Waals surface area contributed by atoms with E-state index in [0.717, 1.165) is 10.0 Å². The molecule has 1 N–H and O–H groups in total. The van der Waals surface area contributed by atoms with Crippen LogP contribution in [0.15, 0.2) is 28.7 Å². The zero-order chi connectivity index (χ0) is 16.8. The highest BCUT2D eigenvalue weighted by molar-refractivity contribution is 9.10. The van der Waals surface area contributed by atoms with E-state index in [9.17, 15) is 9.59 Å². The minimum atomic E-state index is -0.599. The first-order chi connectivity index (χ1) is 10.2. The van der Waals surface area contributed by atoms with E-state index in [1.54, 1.807) is 27.7 Å². The predicted molar refractivity (Wildman–Crippen MR) is 87.5 cm³/mol. The third-order valence-electron chi connectivity index (χ3n) is 2.64. The number of esters is 1. The summed E-state index contributed by atoms with van der Waals surface area (Å²) in [6.07, 6.45) is -0.515. The van der Waals surface area contributed by atoms with Crippen LogP contribution in [0.3, 0.4) is 0 Å². The first-order valence-electron chi connectivity index (χ1n) is 7.12. The molecule has 0 aliphatic heterocycles. The highest BCUT2D eigenvalue weighted by Crippen LogP contribution is 2.21. The van der Waals surface area contributed by atoms with E-state index in [0.29, 0.717) is 6.61 Å². The lowest BCUT2D eigenvalue weighted by Gasteiger charge is -2.23. The molecule has 0 bridgehead atoms. The molecule has 6 heteroatoms. The Bertz CT molecular complexity index is 508. The molecule has 0 aliphatic carbocycles. The maximum Gasteiger partial charge on any atom is 0.408 e. The Labute approximate surface area is 139 Å². The van der Waals surface area contributed by atoms with Crippen LogP contribution in [-0.2, 0) is 14.3 Å². The van der Waals surface area contributed by atoms with Crippen LogP contribution in [0.1, 0.15) is 45.7 Å². The van der Waals surface area contributed by atoms with Gasteiger partial charge < -0.3 is 14.8 Å². The summed E-state index contributed by atoms with van der Waals surface area (Å²) in [7, 11) is 0. The molecule has 22 heavy (non-hydrogen) atoms. The van der Waals surface area contributed by atoms with Crippen molar-refractivity contribution in [3.63, 3.8) is 0 Å². The molecular formula is C16H22BrNO4. The standard InChI is InChI=1S/C16H22BrNO4/c1-5-21-14(19)10-13(11-6-8-12(17)9-7-11)18-15(20)22-16(2,3)4/h6-9,13H,5,10H2,1-4H3,(H,18,20)/t13-/m0/s1. The third kappa shape index (κ3) is 6.93. The van der Waals surface area contributed by atoms with Gasteiger partial charge in [0.25, 0.3) is 0 Å². The SMILES string of the molecule is CCOC(=O)C[C@H](NC(=O)OC(C)(C)C)c1ccc(Br)cc1. The molecule has 0 saturated carbocycles. The molecule has 5 nitrogen and oxygen atoms in total. The van der Waals surface area contributed by atoms with Crippen molar-refractivity contribution in [2.75, 3.05) is 6.61 Å². The average molecular weight is 372 g/mol. The number of benzene rings is 1. The van der Waals surface area contributed by atoms with Crippen LogP contribution in [0, 0.1) is 0 Å². The van der Waals surface area contributed by atoms with Crippen LogP contribution < -0.4 is 5.32 Å². The number of halogens is 1. The molecule has 0 unspecified atom stereocenters. The Morgan fingerprint density at radius 1 is 1.23 bits per heavy atom. The van der Waals surface area contributed by atoms with Crippen molar-refractivity contribution in [1.82, 2.24) is 5.32 Å². The number of carbonyl (C=O) groups excluding carboxylic acids is 2. The molecule has 0 fully saturated rings. The lowest BCUT2D eigenvalue weighted by molar-refractivity contribution is -0.143. The normalized spacial score (nSPS) is 12.4. The Balaban J connectivity index is 2.84. The second kappa shape index (κ2) is 8.17. The van der Waals surface area contributed by atoms with E-state index in [1.807, 2.05) is 24.3 Å². The fourth-order valence-corrected chi connectivity index (χ4v) is 2.05. The zero-order valence-corrected chi connectivity index (χ0v) is 14.9. The molecule has 1 atom stereocenters. The third-order valence-corrected chi connectivity index (χ3v) is 3.17. The number of alkyl carbamates (subject to hydrolysis) is 1. The van der Waals surface area contributed by atoms with Crippen molar-refractivity contribution < 1.29 is 19.1 Å². The Morgan fingerprint density at radius 2 is 1.82 bits per heavy atom. The van der Waals surface area contributed by atoms with E-state index < -0.39 is 17.7 Å². The molecule has 0 aliphatic rings. The molecule has 0 aromatic heterocycles. The van der Waals surface area contributed by atoms with Crippen molar-refractivity contribution in [3.05, 3.63) is 34.3 Å². The maximum atomic E-state index is 12.0. The second-order valence-electron chi connectivity index (χ2n) is 5.76. The van der Waals surface area contributed by atoms with Crippen LogP contribution in [0.4, 0.5) is 4.79 Å². The van der Waals surface area contributed by atoms with Crippen molar-refractivity contribution in [2.24, 2.45) is 0 Å². The van der Waals surface area contributed by atoms with E-state index in [-0.39, 0.29) is 12.4 Å². The first-order valence-corrected chi connectivity index (χ1v) is 7.91. The average Bonchev–Trinajstić information content (AvgIpc) is 2.36. The summed E-state index contributed by atoms with van der Waals surface area (Å²) in [5.41, 5.74) is 0.209. The van der Waals surface area contributed by atoms with Gasteiger partial charge in [-0.15, -0.1) is 0 Å². The smallest absolute Gasteiger partial charge is 0.408 e. The van der Waals surface area contributed by atoms with Gasteiger partial charge in [0.1, 0.15) is 5.60 Å². The second-order valence-corrected chi connectivity index (χ2v) is 6.68. The van der Waals surface area contributed by atoms with Gasteiger partial charge in [-0.05, 0) is 45.4 Å². The maximum absolute atomic E-state index is 12.0. The molecule has 1 rings (SSSR count). The van der Waals surface area contributed by atoms with Crippen LogP contribution in [0.5, 0.6) is 0 Å². The first kappa shape index (κ1) is 18.5. The van der Waals surface area contributed by atoms with Crippen LogP contribution in [-0.4, -0.2) is 24.3 Å². The fourth-order valence-electron chi connectivity index (χ4n) is 1.78. The van der Waals surface area contributed by atoms with Crippen molar-refractivity contribution in [1.29, 1.82) is 0 Å². The Kier molecular flexibility index (Phi) is 6.87. The summed E-state index contributed by atoms with van der Waals surface area (Å²) in [6, 6.07) is 6.88. The highest BCUT2D eigenvalue weighted by Gasteiger charge is 2.23. The summed E-state index contributed by atoms with van der Waals surface area (Å²) in [5.74, 6) is -0.369. The monoisotopic (exact) mass is 371 g/mol. The van der Waals surface area contributed by atoms with E-state index in [4.69, 9.17) is 9.47 Å². The molecule has 1 aromatic rings.